The summed E-state index contributed by atoms with van der Waals surface area (Å²) < 4.78 is 0. The van der Waals surface area contributed by atoms with Crippen LogP contribution in [0.3, 0.4) is 0 Å². The summed E-state index contributed by atoms with van der Waals surface area (Å²) in [6, 6.07) is 0. The maximum Gasteiger partial charge on any atom is 0.228 e. The van der Waals surface area contributed by atoms with Crippen LogP contribution in [0.5, 0.6) is 0 Å². The minimum atomic E-state index is 0.216. The molecule has 6 heteroatoms. The summed E-state index contributed by atoms with van der Waals surface area (Å²) in [5.41, 5.74) is 0. The van der Waals surface area contributed by atoms with Crippen LogP contribution in [0.2, 0.25) is 5.28 Å². The smallest absolute Gasteiger partial charge is 0.228 e. The van der Waals surface area contributed by atoms with E-state index in [1.165, 1.54) is 25.7 Å². The van der Waals surface area contributed by atoms with E-state index < -0.39 is 0 Å². The van der Waals surface area contributed by atoms with Gasteiger partial charge in [-0.05, 0) is 30.4 Å². The van der Waals surface area contributed by atoms with Crippen LogP contribution in [0.4, 0.5) is 11.9 Å². The summed E-state index contributed by atoms with van der Waals surface area (Å²) in [6.45, 7) is 0.920. The minimum Gasteiger partial charge on any atom is -0.357 e. The van der Waals surface area contributed by atoms with Gasteiger partial charge in [-0.1, -0.05) is 12.8 Å². The third-order valence-electron chi connectivity index (χ3n) is 2.86. The Morgan fingerprint density at radius 1 is 1.19 bits per heavy atom. The van der Waals surface area contributed by atoms with Crippen LogP contribution >= 0.6 is 11.6 Å². The van der Waals surface area contributed by atoms with E-state index >= 15 is 0 Å². The molecule has 1 aromatic heterocycles. The van der Waals surface area contributed by atoms with Crippen LogP contribution in [-0.4, -0.2) is 28.5 Å². The Bertz CT molecular complexity index is 351. The third kappa shape index (κ3) is 2.95. The molecule has 16 heavy (non-hydrogen) atoms. The average molecular weight is 242 g/mol. The highest BCUT2D eigenvalue weighted by Crippen LogP contribution is 2.24. The Hall–Kier alpha value is -1.10. The fourth-order valence-electron chi connectivity index (χ4n) is 1.99. The van der Waals surface area contributed by atoms with Gasteiger partial charge in [-0.15, -0.1) is 0 Å². The Balaban J connectivity index is 1.94. The molecule has 0 saturated heterocycles. The lowest BCUT2D eigenvalue weighted by atomic mass is 10.1. The molecule has 0 spiro atoms. The fourth-order valence-corrected chi connectivity index (χ4v) is 2.15. The molecule has 0 aliphatic heterocycles. The predicted octanol–water partition coefficient (Wildman–Crippen LogP) is 2.17. The van der Waals surface area contributed by atoms with Gasteiger partial charge < -0.3 is 10.6 Å². The van der Waals surface area contributed by atoms with E-state index in [2.05, 4.69) is 25.6 Å². The van der Waals surface area contributed by atoms with Gasteiger partial charge in [0.2, 0.25) is 17.2 Å². The van der Waals surface area contributed by atoms with Crippen molar-refractivity contribution in [3.63, 3.8) is 0 Å². The first-order chi connectivity index (χ1) is 7.78. The van der Waals surface area contributed by atoms with Crippen LogP contribution in [0, 0.1) is 5.92 Å². The van der Waals surface area contributed by atoms with Crippen LogP contribution in [-0.2, 0) is 0 Å². The molecule has 0 amide bonds. The number of aromatic nitrogens is 3. The first-order valence-corrected chi connectivity index (χ1v) is 5.99. The molecule has 0 aromatic carbocycles. The summed E-state index contributed by atoms with van der Waals surface area (Å²) in [6.07, 6.45) is 5.27. The van der Waals surface area contributed by atoms with Crippen molar-refractivity contribution in [2.45, 2.75) is 25.7 Å². The fraction of sp³-hybridized carbons (Fsp3) is 0.700. The van der Waals surface area contributed by atoms with Crippen LogP contribution in [0.25, 0.3) is 0 Å². The number of rotatable bonds is 4. The molecule has 0 unspecified atom stereocenters. The van der Waals surface area contributed by atoms with Crippen molar-refractivity contribution in [1.29, 1.82) is 0 Å². The molecule has 2 N–H and O–H groups in total. The molecule has 1 heterocycles. The summed E-state index contributed by atoms with van der Waals surface area (Å²) >= 11 is 5.78. The van der Waals surface area contributed by atoms with E-state index in [1.807, 2.05) is 0 Å². The molecule has 2 rings (SSSR count). The van der Waals surface area contributed by atoms with E-state index in [1.54, 1.807) is 7.05 Å². The van der Waals surface area contributed by atoms with E-state index in [9.17, 15) is 0 Å². The predicted molar refractivity (Wildman–Crippen MR) is 64.8 cm³/mol. The lowest BCUT2D eigenvalue weighted by Gasteiger charge is -2.10. The van der Waals surface area contributed by atoms with Gasteiger partial charge in [0, 0.05) is 13.6 Å². The molecule has 1 aliphatic carbocycles. The molecule has 0 bridgehead atoms. The first-order valence-electron chi connectivity index (χ1n) is 5.61. The minimum absolute atomic E-state index is 0.216. The normalized spacial score (nSPS) is 16.4. The average Bonchev–Trinajstić information content (AvgIpc) is 2.78. The second-order valence-electron chi connectivity index (χ2n) is 4.03. The quantitative estimate of drug-likeness (QED) is 0.846. The van der Waals surface area contributed by atoms with Gasteiger partial charge in [0.25, 0.3) is 0 Å². The SMILES string of the molecule is CNc1nc(Cl)nc(NCC2CCCC2)n1. The first kappa shape index (κ1) is 11.4. The summed E-state index contributed by atoms with van der Waals surface area (Å²) in [5, 5.41) is 6.28. The van der Waals surface area contributed by atoms with Gasteiger partial charge in [-0.2, -0.15) is 15.0 Å². The molecular weight excluding hydrogens is 226 g/mol. The molecule has 0 atom stereocenters. The molecule has 1 aliphatic rings. The maximum absolute atomic E-state index is 5.78. The molecule has 0 radical (unpaired) electrons. The number of nitrogens with zero attached hydrogens (tertiary/aromatic N) is 3. The molecule has 1 aromatic rings. The standard InChI is InChI=1S/C10H16ClN5/c1-12-9-14-8(11)15-10(16-9)13-6-7-4-2-3-5-7/h7H,2-6H2,1H3,(H2,12,13,14,15,16). The van der Waals surface area contributed by atoms with Gasteiger partial charge in [0.05, 0.1) is 0 Å². The summed E-state index contributed by atoms with van der Waals surface area (Å²) in [5.74, 6) is 1.79. The Kier molecular flexibility index (Phi) is 3.77. The number of hydrogen-bond donors (Lipinski definition) is 2. The Morgan fingerprint density at radius 2 is 1.88 bits per heavy atom. The maximum atomic E-state index is 5.78. The number of halogens is 1. The van der Waals surface area contributed by atoms with Crippen molar-refractivity contribution in [3.05, 3.63) is 5.28 Å². The molecule has 1 fully saturated rings. The monoisotopic (exact) mass is 241 g/mol. The molecule has 88 valence electrons. The van der Waals surface area contributed by atoms with Crippen molar-refractivity contribution in [2.24, 2.45) is 5.92 Å². The van der Waals surface area contributed by atoms with Crippen molar-refractivity contribution < 1.29 is 0 Å². The lowest BCUT2D eigenvalue weighted by molar-refractivity contribution is 0.577. The van der Waals surface area contributed by atoms with Crippen molar-refractivity contribution in [2.75, 3.05) is 24.2 Å². The Morgan fingerprint density at radius 3 is 2.56 bits per heavy atom. The zero-order valence-corrected chi connectivity index (χ0v) is 10.1. The Labute approximate surface area is 100 Å². The van der Waals surface area contributed by atoms with Crippen molar-refractivity contribution >= 4 is 23.5 Å². The van der Waals surface area contributed by atoms with E-state index in [0.717, 1.165) is 12.5 Å². The molecule has 5 nitrogen and oxygen atoms in total. The highest BCUT2D eigenvalue weighted by Gasteiger charge is 2.15. The van der Waals surface area contributed by atoms with Crippen molar-refractivity contribution in [1.82, 2.24) is 15.0 Å². The summed E-state index contributed by atoms with van der Waals surface area (Å²) in [7, 11) is 1.76. The molecule has 1 saturated carbocycles. The highest BCUT2D eigenvalue weighted by atomic mass is 35.5. The summed E-state index contributed by atoms with van der Waals surface area (Å²) in [4.78, 5) is 12.1. The van der Waals surface area contributed by atoms with E-state index in [4.69, 9.17) is 11.6 Å². The number of nitrogens with one attached hydrogen (secondary N) is 2. The zero-order valence-electron chi connectivity index (χ0n) is 9.33. The van der Waals surface area contributed by atoms with Crippen molar-refractivity contribution in [3.8, 4) is 0 Å². The topological polar surface area (TPSA) is 62.7 Å². The van der Waals surface area contributed by atoms with Crippen LogP contribution < -0.4 is 10.6 Å². The van der Waals surface area contributed by atoms with Gasteiger partial charge in [0.15, 0.2) is 0 Å². The van der Waals surface area contributed by atoms with Crippen LogP contribution in [0.1, 0.15) is 25.7 Å². The highest BCUT2D eigenvalue weighted by molar-refractivity contribution is 6.28. The van der Waals surface area contributed by atoms with Gasteiger partial charge in [-0.25, -0.2) is 0 Å². The second kappa shape index (κ2) is 5.30. The van der Waals surface area contributed by atoms with Gasteiger partial charge in [0.1, 0.15) is 0 Å². The third-order valence-corrected chi connectivity index (χ3v) is 3.02. The van der Waals surface area contributed by atoms with Crippen LogP contribution in [0.15, 0.2) is 0 Å². The number of hydrogen-bond acceptors (Lipinski definition) is 5. The number of anilines is 2. The molecular formula is C10H16ClN5. The van der Waals surface area contributed by atoms with Gasteiger partial charge >= 0.3 is 0 Å². The van der Waals surface area contributed by atoms with E-state index in [-0.39, 0.29) is 5.28 Å². The van der Waals surface area contributed by atoms with E-state index in [0.29, 0.717) is 11.9 Å². The lowest BCUT2D eigenvalue weighted by Crippen LogP contribution is -2.14. The zero-order chi connectivity index (χ0) is 11.4. The van der Waals surface area contributed by atoms with Gasteiger partial charge in [-0.3, -0.25) is 0 Å². The largest absolute Gasteiger partial charge is 0.357 e. The second-order valence-corrected chi connectivity index (χ2v) is 4.37.